The lowest BCUT2D eigenvalue weighted by atomic mass is 9.89. The number of benzene rings is 1. The van der Waals surface area contributed by atoms with Crippen LogP contribution in [-0.2, 0) is 5.54 Å². The van der Waals surface area contributed by atoms with Crippen LogP contribution in [0, 0.1) is 5.92 Å². The summed E-state index contributed by atoms with van der Waals surface area (Å²) < 4.78 is 0. The van der Waals surface area contributed by atoms with Gasteiger partial charge in [-0.15, -0.1) is 0 Å². The lowest BCUT2D eigenvalue weighted by Crippen LogP contribution is -2.52. The lowest BCUT2D eigenvalue weighted by Gasteiger charge is -2.38. The molecule has 3 nitrogen and oxygen atoms in total. The fraction of sp³-hybridized carbons (Fsp3) is 0.625. The molecule has 3 N–H and O–H groups in total. The van der Waals surface area contributed by atoms with Crippen LogP contribution in [0.3, 0.4) is 0 Å². The van der Waals surface area contributed by atoms with E-state index in [9.17, 15) is 5.11 Å². The van der Waals surface area contributed by atoms with Gasteiger partial charge in [-0.1, -0.05) is 43.7 Å². The summed E-state index contributed by atoms with van der Waals surface area (Å²) in [6.07, 6.45) is 3.79. The summed E-state index contributed by atoms with van der Waals surface area (Å²) in [5, 5.41) is 9.72. The van der Waals surface area contributed by atoms with Crippen molar-refractivity contribution in [1.82, 2.24) is 4.90 Å². The van der Waals surface area contributed by atoms with Crippen molar-refractivity contribution in [3.63, 3.8) is 0 Å². The van der Waals surface area contributed by atoms with E-state index < -0.39 is 5.54 Å². The zero-order valence-corrected chi connectivity index (χ0v) is 11.9. The molecule has 0 aliphatic carbocycles. The Kier molecular flexibility index (Phi) is 4.97. The smallest absolute Gasteiger partial charge is 0.0772 e. The van der Waals surface area contributed by atoms with Crippen LogP contribution in [0.1, 0.15) is 31.7 Å². The zero-order chi connectivity index (χ0) is 13.7. The van der Waals surface area contributed by atoms with Gasteiger partial charge in [0.1, 0.15) is 0 Å². The Bertz CT molecular complexity index is 374. The summed E-state index contributed by atoms with van der Waals surface area (Å²) in [5.74, 6) is 0.870. The predicted octanol–water partition coefficient (Wildman–Crippen LogP) is 1.95. The number of piperidine rings is 1. The molecule has 0 amide bonds. The number of rotatable bonds is 5. The van der Waals surface area contributed by atoms with Crippen LogP contribution in [0.5, 0.6) is 0 Å². The van der Waals surface area contributed by atoms with E-state index in [-0.39, 0.29) is 6.61 Å². The van der Waals surface area contributed by atoms with Gasteiger partial charge in [0.25, 0.3) is 0 Å². The van der Waals surface area contributed by atoms with Gasteiger partial charge < -0.3 is 15.7 Å². The zero-order valence-electron chi connectivity index (χ0n) is 11.9. The molecule has 1 saturated heterocycles. The number of likely N-dealkylation sites (tertiary alicyclic amines) is 1. The molecule has 1 aromatic rings. The first-order chi connectivity index (χ1) is 9.18. The number of aliphatic hydroxyl groups excluding tert-OH is 1. The predicted molar refractivity (Wildman–Crippen MR) is 78.8 cm³/mol. The average molecular weight is 262 g/mol. The fourth-order valence-corrected chi connectivity index (χ4v) is 2.95. The van der Waals surface area contributed by atoms with Gasteiger partial charge in [0, 0.05) is 6.54 Å². The number of nitrogens with zero attached hydrogens (tertiary/aromatic N) is 1. The molecule has 106 valence electrons. The molecule has 1 aromatic carbocycles. The standard InChI is InChI=1S/C16H26N2O/c1-2-14-8-10-18(11-9-14)12-16(17,13-19)15-6-4-3-5-7-15/h3-7,14,19H,2,8-13,17H2,1H3. The molecule has 1 aliphatic heterocycles. The van der Waals surface area contributed by atoms with Crippen LogP contribution >= 0.6 is 0 Å². The SMILES string of the molecule is CCC1CCN(CC(N)(CO)c2ccccc2)CC1. The van der Waals surface area contributed by atoms with Gasteiger partial charge in [-0.2, -0.15) is 0 Å². The number of hydrogen-bond acceptors (Lipinski definition) is 3. The molecule has 0 radical (unpaired) electrons. The molecule has 3 heteroatoms. The highest BCUT2D eigenvalue weighted by atomic mass is 16.3. The third-order valence-corrected chi connectivity index (χ3v) is 4.42. The van der Waals surface area contributed by atoms with Crippen LogP contribution in [0.15, 0.2) is 30.3 Å². The van der Waals surface area contributed by atoms with E-state index >= 15 is 0 Å². The Hall–Kier alpha value is -0.900. The summed E-state index contributed by atoms with van der Waals surface area (Å²) in [6.45, 7) is 5.20. The van der Waals surface area contributed by atoms with Crippen molar-refractivity contribution in [2.24, 2.45) is 11.7 Å². The van der Waals surface area contributed by atoms with Crippen LogP contribution < -0.4 is 5.73 Å². The third-order valence-electron chi connectivity index (χ3n) is 4.42. The highest BCUT2D eigenvalue weighted by Gasteiger charge is 2.30. The first-order valence-corrected chi connectivity index (χ1v) is 7.35. The minimum Gasteiger partial charge on any atom is -0.394 e. The Balaban J connectivity index is 2.00. The molecule has 1 unspecified atom stereocenters. The molecule has 0 bridgehead atoms. The minimum atomic E-state index is -0.639. The average Bonchev–Trinajstić information content (AvgIpc) is 2.49. The summed E-state index contributed by atoms with van der Waals surface area (Å²) in [5.41, 5.74) is 6.81. The van der Waals surface area contributed by atoms with Gasteiger partial charge in [0.15, 0.2) is 0 Å². The molecule has 1 aliphatic rings. The van der Waals surface area contributed by atoms with E-state index in [0.717, 1.165) is 31.1 Å². The second-order valence-electron chi connectivity index (χ2n) is 5.81. The topological polar surface area (TPSA) is 49.5 Å². The van der Waals surface area contributed by atoms with Crippen molar-refractivity contribution < 1.29 is 5.11 Å². The van der Waals surface area contributed by atoms with Crippen molar-refractivity contribution in [1.29, 1.82) is 0 Å². The van der Waals surface area contributed by atoms with Crippen molar-refractivity contribution in [3.05, 3.63) is 35.9 Å². The maximum atomic E-state index is 9.72. The Labute approximate surface area is 116 Å². The summed E-state index contributed by atoms with van der Waals surface area (Å²) in [4.78, 5) is 2.40. The number of aliphatic hydroxyl groups is 1. The van der Waals surface area contributed by atoms with E-state index in [2.05, 4.69) is 11.8 Å². The molecule has 0 spiro atoms. The van der Waals surface area contributed by atoms with E-state index in [1.165, 1.54) is 19.3 Å². The van der Waals surface area contributed by atoms with Crippen LogP contribution in [-0.4, -0.2) is 36.2 Å². The van der Waals surface area contributed by atoms with Gasteiger partial charge in [-0.3, -0.25) is 0 Å². The summed E-state index contributed by atoms with van der Waals surface area (Å²) in [7, 11) is 0. The maximum absolute atomic E-state index is 9.72. The Morgan fingerprint density at radius 2 is 1.89 bits per heavy atom. The highest BCUT2D eigenvalue weighted by molar-refractivity contribution is 5.24. The van der Waals surface area contributed by atoms with E-state index in [1.807, 2.05) is 30.3 Å². The van der Waals surface area contributed by atoms with Crippen molar-refractivity contribution in [2.45, 2.75) is 31.7 Å². The van der Waals surface area contributed by atoms with Gasteiger partial charge in [-0.05, 0) is 37.4 Å². The normalized spacial score (nSPS) is 21.2. The van der Waals surface area contributed by atoms with Crippen molar-refractivity contribution in [2.75, 3.05) is 26.2 Å². The van der Waals surface area contributed by atoms with Crippen LogP contribution in [0.4, 0.5) is 0 Å². The molecule has 0 aromatic heterocycles. The first-order valence-electron chi connectivity index (χ1n) is 7.35. The third kappa shape index (κ3) is 3.56. The molecular weight excluding hydrogens is 236 g/mol. The molecule has 19 heavy (non-hydrogen) atoms. The number of nitrogens with two attached hydrogens (primary N) is 1. The van der Waals surface area contributed by atoms with E-state index in [1.54, 1.807) is 0 Å². The van der Waals surface area contributed by atoms with Gasteiger partial charge in [0.2, 0.25) is 0 Å². The second kappa shape index (κ2) is 6.51. The second-order valence-corrected chi connectivity index (χ2v) is 5.81. The number of hydrogen-bond donors (Lipinski definition) is 2. The maximum Gasteiger partial charge on any atom is 0.0772 e. The minimum absolute atomic E-state index is 0.00921. The highest BCUT2D eigenvalue weighted by Crippen LogP contribution is 2.24. The first kappa shape index (κ1) is 14.5. The molecule has 0 saturated carbocycles. The van der Waals surface area contributed by atoms with Gasteiger partial charge in [0.05, 0.1) is 12.1 Å². The molecule has 1 heterocycles. The molecule has 2 rings (SSSR count). The Morgan fingerprint density at radius 1 is 1.26 bits per heavy atom. The van der Waals surface area contributed by atoms with Gasteiger partial charge in [-0.25, -0.2) is 0 Å². The van der Waals surface area contributed by atoms with Crippen molar-refractivity contribution in [3.8, 4) is 0 Å². The van der Waals surface area contributed by atoms with E-state index in [0.29, 0.717) is 0 Å². The van der Waals surface area contributed by atoms with Gasteiger partial charge >= 0.3 is 0 Å². The van der Waals surface area contributed by atoms with Crippen molar-refractivity contribution >= 4 is 0 Å². The molecular formula is C16H26N2O. The summed E-state index contributed by atoms with van der Waals surface area (Å²) in [6, 6.07) is 9.96. The van der Waals surface area contributed by atoms with Crippen LogP contribution in [0.25, 0.3) is 0 Å². The quantitative estimate of drug-likeness (QED) is 0.853. The van der Waals surface area contributed by atoms with E-state index in [4.69, 9.17) is 5.73 Å². The fourth-order valence-electron chi connectivity index (χ4n) is 2.95. The monoisotopic (exact) mass is 262 g/mol. The van der Waals surface area contributed by atoms with Crippen LogP contribution in [0.2, 0.25) is 0 Å². The summed E-state index contributed by atoms with van der Waals surface area (Å²) >= 11 is 0. The largest absolute Gasteiger partial charge is 0.394 e. The molecule has 1 atom stereocenters. The molecule has 1 fully saturated rings. The Morgan fingerprint density at radius 3 is 2.42 bits per heavy atom. The lowest BCUT2D eigenvalue weighted by molar-refractivity contribution is 0.107.